The Morgan fingerprint density at radius 1 is 1.38 bits per heavy atom. The van der Waals surface area contributed by atoms with Gasteiger partial charge in [-0.3, -0.25) is 0 Å². The van der Waals surface area contributed by atoms with Crippen LogP contribution >= 0.6 is 0 Å². The lowest BCUT2D eigenvalue weighted by atomic mass is 10.4. The first-order chi connectivity index (χ1) is 7.72. The lowest BCUT2D eigenvalue weighted by molar-refractivity contribution is 0.134. The van der Waals surface area contributed by atoms with Gasteiger partial charge in [-0.25, -0.2) is 4.98 Å². The lowest BCUT2D eigenvalue weighted by Crippen LogP contribution is -2.09. The molecule has 0 aliphatic rings. The first kappa shape index (κ1) is 12.7. The Hall–Kier alpha value is -1.36. The summed E-state index contributed by atoms with van der Waals surface area (Å²) in [6.45, 7) is 6.44. The van der Waals surface area contributed by atoms with Gasteiger partial charge in [0.2, 0.25) is 5.95 Å². The third-order valence-electron chi connectivity index (χ3n) is 1.99. The molecule has 0 saturated heterocycles. The molecule has 5 heteroatoms. The van der Waals surface area contributed by atoms with Crippen LogP contribution in [-0.2, 0) is 4.74 Å². The molecule has 0 unspecified atom stereocenters. The van der Waals surface area contributed by atoms with Crippen LogP contribution in [0, 0.1) is 6.92 Å². The summed E-state index contributed by atoms with van der Waals surface area (Å²) in [7, 11) is 0. The number of ether oxygens (including phenoxy) is 1. The number of nitrogen functional groups attached to an aromatic ring is 1. The van der Waals surface area contributed by atoms with Crippen molar-refractivity contribution in [2.75, 3.05) is 30.8 Å². The summed E-state index contributed by atoms with van der Waals surface area (Å²) < 4.78 is 5.37. The molecule has 0 saturated carbocycles. The predicted octanol–water partition coefficient (Wildman–Crippen LogP) is 1.60. The maximum Gasteiger partial charge on any atom is 0.222 e. The number of nitrogens with one attached hydrogen (secondary N) is 1. The average molecular weight is 224 g/mol. The third-order valence-corrected chi connectivity index (χ3v) is 1.99. The standard InChI is InChI=1S/C11H20N4O/c1-3-6-16-7-4-5-13-10-8-9(2)14-11(12)15-10/h8H,3-7H2,1-2H3,(H3,12,13,14,15). The molecule has 1 aromatic rings. The van der Waals surface area contributed by atoms with Crippen LogP contribution in [0.5, 0.6) is 0 Å². The minimum absolute atomic E-state index is 0.310. The van der Waals surface area contributed by atoms with Gasteiger partial charge in [0.05, 0.1) is 0 Å². The van der Waals surface area contributed by atoms with Gasteiger partial charge >= 0.3 is 0 Å². The smallest absolute Gasteiger partial charge is 0.222 e. The molecule has 0 aliphatic heterocycles. The van der Waals surface area contributed by atoms with Crippen LogP contribution in [0.15, 0.2) is 6.07 Å². The molecule has 1 rings (SSSR count). The molecule has 0 spiro atoms. The Morgan fingerprint density at radius 3 is 2.88 bits per heavy atom. The van der Waals surface area contributed by atoms with Crippen LogP contribution in [0.3, 0.4) is 0 Å². The number of aryl methyl sites for hydroxylation is 1. The Balaban J connectivity index is 2.21. The van der Waals surface area contributed by atoms with Crippen LogP contribution in [0.2, 0.25) is 0 Å². The van der Waals surface area contributed by atoms with Gasteiger partial charge in [-0.05, 0) is 19.8 Å². The molecule has 0 aromatic carbocycles. The van der Waals surface area contributed by atoms with Crippen LogP contribution in [-0.4, -0.2) is 29.7 Å². The number of hydrogen-bond donors (Lipinski definition) is 2. The predicted molar refractivity (Wildman–Crippen MR) is 65.4 cm³/mol. The molecular formula is C11H20N4O. The van der Waals surface area contributed by atoms with Crippen molar-refractivity contribution in [2.24, 2.45) is 0 Å². The van der Waals surface area contributed by atoms with Crippen LogP contribution in [0.25, 0.3) is 0 Å². The molecule has 0 bridgehead atoms. The molecule has 16 heavy (non-hydrogen) atoms. The van der Waals surface area contributed by atoms with Gasteiger partial charge in [0.1, 0.15) is 5.82 Å². The minimum atomic E-state index is 0.310. The van der Waals surface area contributed by atoms with Gasteiger partial charge in [-0.15, -0.1) is 0 Å². The van der Waals surface area contributed by atoms with E-state index in [0.29, 0.717) is 5.95 Å². The van der Waals surface area contributed by atoms with E-state index < -0.39 is 0 Å². The van der Waals surface area contributed by atoms with E-state index in [1.807, 2.05) is 13.0 Å². The van der Waals surface area contributed by atoms with Gasteiger partial charge in [-0.2, -0.15) is 4.98 Å². The zero-order valence-electron chi connectivity index (χ0n) is 9.99. The highest BCUT2D eigenvalue weighted by Crippen LogP contribution is 2.06. The first-order valence-corrected chi connectivity index (χ1v) is 5.65. The molecule has 1 heterocycles. The Bertz CT molecular complexity index is 297. The number of nitrogens with two attached hydrogens (primary N) is 1. The van der Waals surface area contributed by atoms with Crippen molar-refractivity contribution in [2.45, 2.75) is 26.7 Å². The summed E-state index contributed by atoms with van der Waals surface area (Å²) >= 11 is 0. The monoisotopic (exact) mass is 224 g/mol. The summed E-state index contributed by atoms with van der Waals surface area (Å²) in [5.74, 6) is 1.09. The first-order valence-electron chi connectivity index (χ1n) is 5.65. The summed E-state index contributed by atoms with van der Waals surface area (Å²) in [4.78, 5) is 8.09. The molecule has 90 valence electrons. The molecule has 3 N–H and O–H groups in total. The van der Waals surface area contributed by atoms with Crippen LogP contribution < -0.4 is 11.1 Å². The van der Waals surface area contributed by atoms with E-state index in [1.165, 1.54) is 0 Å². The number of hydrogen-bond acceptors (Lipinski definition) is 5. The molecule has 5 nitrogen and oxygen atoms in total. The maximum absolute atomic E-state index is 5.54. The summed E-state index contributed by atoms with van der Waals surface area (Å²) in [5, 5.41) is 3.19. The van der Waals surface area contributed by atoms with Crippen molar-refractivity contribution < 1.29 is 4.74 Å². The molecular weight excluding hydrogens is 204 g/mol. The highest BCUT2D eigenvalue weighted by atomic mass is 16.5. The van der Waals surface area contributed by atoms with E-state index in [4.69, 9.17) is 10.5 Å². The van der Waals surface area contributed by atoms with Crippen molar-refractivity contribution in [3.05, 3.63) is 11.8 Å². The second-order valence-electron chi connectivity index (χ2n) is 3.65. The molecule has 0 radical (unpaired) electrons. The maximum atomic E-state index is 5.54. The fraction of sp³-hybridized carbons (Fsp3) is 0.636. The Kier molecular flexibility index (Phi) is 5.56. The number of anilines is 2. The van der Waals surface area contributed by atoms with Gasteiger partial charge < -0.3 is 15.8 Å². The second-order valence-corrected chi connectivity index (χ2v) is 3.65. The van der Waals surface area contributed by atoms with Crippen molar-refractivity contribution in [1.29, 1.82) is 0 Å². The highest BCUT2D eigenvalue weighted by Gasteiger charge is 1.97. The number of rotatable bonds is 7. The van der Waals surface area contributed by atoms with E-state index in [-0.39, 0.29) is 0 Å². The highest BCUT2D eigenvalue weighted by molar-refractivity contribution is 5.39. The van der Waals surface area contributed by atoms with E-state index >= 15 is 0 Å². The molecule has 0 aliphatic carbocycles. The molecule has 0 fully saturated rings. The molecule has 0 amide bonds. The van der Waals surface area contributed by atoms with Gasteiger partial charge in [-0.1, -0.05) is 6.92 Å². The lowest BCUT2D eigenvalue weighted by Gasteiger charge is -2.07. The Labute approximate surface area is 96.4 Å². The van der Waals surface area contributed by atoms with Gasteiger partial charge in [0.15, 0.2) is 0 Å². The summed E-state index contributed by atoms with van der Waals surface area (Å²) in [6, 6.07) is 1.88. The van der Waals surface area contributed by atoms with Gasteiger partial charge in [0.25, 0.3) is 0 Å². The quantitative estimate of drug-likeness (QED) is 0.688. The van der Waals surface area contributed by atoms with E-state index in [1.54, 1.807) is 0 Å². The Morgan fingerprint density at radius 2 is 2.19 bits per heavy atom. The minimum Gasteiger partial charge on any atom is -0.381 e. The largest absolute Gasteiger partial charge is 0.381 e. The SMILES string of the molecule is CCCOCCCNc1cc(C)nc(N)n1. The summed E-state index contributed by atoms with van der Waals surface area (Å²) in [5.41, 5.74) is 6.41. The van der Waals surface area contributed by atoms with Crippen molar-refractivity contribution in [3.63, 3.8) is 0 Å². The van der Waals surface area contributed by atoms with Crippen LogP contribution in [0.1, 0.15) is 25.5 Å². The number of nitrogens with zero attached hydrogens (tertiary/aromatic N) is 2. The normalized spacial score (nSPS) is 10.4. The molecule has 0 atom stereocenters. The van der Waals surface area contributed by atoms with E-state index in [0.717, 1.165) is 44.1 Å². The van der Waals surface area contributed by atoms with E-state index in [9.17, 15) is 0 Å². The van der Waals surface area contributed by atoms with Crippen molar-refractivity contribution in [1.82, 2.24) is 9.97 Å². The summed E-state index contributed by atoms with van der Waals surface area (Å²) in [6.07, 6.45) is 2.03. The average Bonchev–Trinajstić information content (AvgIpc) is 2.22. The number of aromatic nitrogens is 2. The zero-order valence-corrected chi connectivity index (χ0v) is 9.99. The third kappa shape index (κ3) is 4.93. The molecule has 1 aromatic heterocycles. The fourth-order valence-electron chi connectivity index (χ4n) is 1.32. The second kappa shape index (κ2) is 7.00. The fourth-order valence-corrected chi connectivity index (χ4v) is 1.32. The zero-order chi connectivity index (χ0) is 11.8. The van der Waals surface area contributed by atoms with Crippen molar-refractivity contribution >= 4 is 11.8 Å². The van der Waals surface area contributed by atoms with Crippen molar-refractivity contribution in [3.8, 4) is 0 Å². The topological polar surface area (TPSA) is 73.1 Å². The van der Waals surface area contributed by atoms with Crippen LogP contribution in [0.4, 0.5) is 11.8 Å². The van der Waals surface area contributed by atoms with E-state index in [2.05, 4.69) is 22.2 Å². The van der Waals surface area contributed by atoms with Gasteiger partial charge in [0, 0.05) is 31.5 Å².